The molecule has 0 saturated carbocycles. The minimum atomic E-state index is -0.192. The van der Waals surface area contributed by atoms with Crippen LogP contribution in [-0.2, 0) is 7.05 Å². The van der Waals surface area contributed by atoms with Gasteiger partial charge in [0.1, 0.15) is 5.69 Å². The van der Waals surface area contributed by atoms with Crippen LogP contribution in [0.25, 0.3) is 5.69 Å². The molecule has 0 amide bonds. The van der Waals surface area contributed by atoms with Gasteiger partial charge >= 0.3 is 0 Å². The lowest BCUT2D eigenvalue weighted by Crippen LogP contribution is -2.25. The van der Waals surface area contributed by atoms with Crippen molar-refractivity contribution >= 4 is 51.9 Å². The molecule has 0 unspecified atom stereocenters. The molecule has 0 aliphatic heterocycles. The van der Waals surface area contributed by atoms with Gasteiger partial charge in [0.15, 0.2) is 5.11 Å². The van der Waals surface area contributed by atoms with Gasteiger partial charge in [-0.1, -0.05) is 41.4 Å². The average Bonchev–Trinajstić information content (AvgIpc) is 2.82. The molecule has 8 heteroatoms. The molecule has 2 aromatic carbocycles. The van der Waals surface area contributed by atoms with Crippen LogP contribution in [0.15, 0.2) is 53.3 Å². The largest absolute Gasteiger partial charge is 0.331 e. The second-order valence-electron chi connectivity index (χ2n) is 5.64. The fourth-order valence-electron chi connectivity index (χ4n) is 2.57. The number of rotatable bonds is 3. The summed E-state index contributed by atoms with van der Waals surface area (Å²) in [7, 11) is 1.82. The number of nitrogens with zero attached hydrogens (tertiary/aromatic N) is 2. The third-order valence-corrected chi connectivity index (χ3v) is 4.72. The van der Waals surface area contributed by atoms with E-state index in [4.69, 9.17) is 35.4 Å². The van der Waals surface area contributed by atoms with Crippen molar-refractivity contribution in [3.63, 3.8) is 0 Å². The zero-order chi connectivity index (χ0) is 18.8. The summed E-state index contributed by atoms with van der Waals surface area (Å²) >= 11 is 17.4. The summed E-state index contributed by atoms with van der Waals surface area (Å²) in [6, 6.07) is 14.4. The van der Waals surface area contributed by atoms with Crippen molar-refractivity contribution in [3.05, 3.63) is 74.6 Å². The van der Waals surface area contributed by atoms with Crippen molar-refractivity contribution in [2.75, 3.05) is 10.6 Å². The number of aromatic nitrogens is 2. The summed E-state index contributed by atoms with van der Waals surface area (Å²) < 4.78 is 3.35. The molecule has 0 atom stereocenters. The smallest absolute Gasteiger partial charge is 0.295 e. The lowest BCUT2D eigenvalue weighted by molar-refractivity contribution is 0.630. The van der Waals surface area contributed by atoms with Gasteiger partial charge in [-0.2, -0.15) is 0 Å². The molecule has 0 aliphatic rings. The van der Waals surface area contributed by atoms with Crippen molar-refractivity contribution in [2.24, 2.45) is 7.05 Å². The van der Waals surface area contributed by atoms with Crippen molar-refractivity contribution in [1.29, 1.82) is 0 Å². The Kier molecular flexibility index (Phi) is 5.36. The van der Waals surface area contributed by atoms with Crippen LogP contribution in [0.2, 0.25) is 10.0 Å². The Balaban J connectivity index is 1.88. The third kappa shape index (κ3) is 3.62. The molecular weight excluding hydrogens is 391 g/mol. The summed E-state index contributed by atoms with van der Waals surface area (Å²) in [5, 5.41) is 7.19. The van der Waals surface area contributed by atoms with Gasteiger partial charge in [-0.15, -0.1) is 0 Å². The average molecular weight is 407 g/mol. The molecular formula is C18H16Cl2N4OS. The second-order valence-corrected chi connectivity index (χ2v) is 6.89. The van der Waals surface area contributed by atoms with Gasteiger partial charge in [0, 0.05) is 12.1 Å². The molecule has 0 aliphatic carbocycles. The van der Waals surface area contributed by atoms with E-state index in [0.29, 0.717) is 21.4 Å². The molecule has 0 bridgehead atoms. The zero-order valence-electron chi connectivity index (χ0n) is 14.1. The van der Waals surface area contributed by atoms with Crippen LogP contribution < -0.4 is 16.2 Å². The van der Waals surface area contributed by atoms with E-state index in [9.17, 15) is 4.79 Å². The predicted octanol–water partition coefficient (Wildman–Crippen LogP) is 4.60. The van der Waals surface area contributed by atoms with Crippen molar-refractivity contribution in [3.8, 4) is 5.69 Å². The first-order chi connectivity index (χ1) is 12.4. The standard InChI is InChI=1S/C18H16Cl2N4OS/c1-11-16(17(25)24(23(11)2)13-6-4-3-5-7-13)22-18(26)21-15-9-8-12(19)10-14(15)20/h3-10H,1-2H3,(H2,21,22,26). The van der Waals surface area contributed by atoms with E-state index < -0.39 is 0 Å². The first-order valence-electron chi connectivity index (χ1n) is 7.75. The number of benzene rings is 2. The Bertz CT molecular complexity index is 1030. The van der Waals surface area contributed by atoms with Gasteiger partial charge in [0.25, 0.3) is 5.56 Å². The van der Waals surface area contributed by atoms with Crippen LogP contribution >= 0.6 is 35.4 Å². The van der Waals surface area contributed by atoms with E-state index in [1.54, 1.807) is 27.6 Å². The molecule has 0 saturated heterocycles. The molecule has 0 radical (unpaired) electrons. The highest BCUT2D eigenvalue weighted by Gasteiger charge is 2.17. The number of hydrogen-bond donors (Lipinski definition) is 2. The molecule has 0 fully saturated rings. The van der Waals surface area contributed by atoms with E-state index in [1.807, 2.05) is 44.3 Å². The number of thiocarbonyl (C=S) groups is 1. The maximum Gasteiger partial charge on any atom is 0.295 e. The van der Waals surface area contributed by atoms with E-state index in [0.717, 1.165) is 11.4 Å². The normalized spacial score (nSPS) is 10.6. The maximum absolute atomic E-state index is 12.9. The van der Waals surface area contributed by atoms with E-state index in [-0.39, 0.29) is 10.7 Å². The summed E-state index contributed by atoms with van der Waals surface area (Å²) in [4.78, 5) is 12.9. The molecule has 3 rings (SSSR count). The van der Waals surface area contributed by atoms with E-state index in [2.05, 4.69) is 10.6 Å². The third-order valence-electron chi connectivity index (χ3n) is 3.97. The second kappa shape index (κ2) is 7.53. The number of hydrogen-bond acceptors (Lipinski definition) is 2. The number of halogens is 2. The molecule has 1 aromatic heterocycles. The predicted molar refractivity (Wildman–Crippen MR) is 112 cm³/mol. The molecule has 2 N–H and O–H groups in total. The van der Waals surface area contributed by atoms with Gasteiger partial charge in [-0.25, -0.2) is 4.68 Å². The summed E-state index contributed by atoms with van der Waals surface area (Å²) in [5.74, 6) is 0. The van der Waals surface area contributed by atoms with Gasteiger partial charge in [0.05, 0.1) is 22.1 Å². The summed E-state index contributed by atoms with van der Waals surface area (Å²) in [6.07, 6.45) is 0. The van der Waals surface area contributed by atoms with Gasteiger partial charge in [-0.3, -0.25) is 9.48 Å². The van der Waals surface area contributed by atoms with Crippen LogP contribution in [0.3, 0.4) is 0 Å². The Morgan fingerprint density at radius 3 is 2.42 bits per heavy atom. The Labute approximate surface area is 166 Å². The molecule has 0 spiro atoms. The van der Waals surface area contributed by atoms with Crippen LogP contribution in [0.5, 0.6) is 0 Å². The fraction of sp³-hybridized carbons (Fsp3) is 0.111. The first kappa shape index (κ1) is 18.5. The lowest BCUT2D eigenvalue weighted by atomic mass is 10.3. The van der Waals surface area contributed by atoms with Crippen LogP contribution in [0.4, 0.5) is 11.4 Å². The van der Waals surface area contributed by atoms with Crippen LogP contribution in [0, 0.1) is 6.92 Å². The Hall–Kier alpha value is -2.28. The van der Waals surface area contributed by atoms with Crippen LogP contribution in [0.1, 0.15) is 5.69 Å². The van der Waals surface area contributed by atoms with Gasteiger partial charge in [-0.05, 0) is 49.5 Å². The minimum absolute atomic E-state index is 0.192. The zero-order valence-corrected chi connectivity index (χ0v) is 16.4. The highest BCUT2D eigenvalue weighted by Crippen LogP contribution is 2.25. The number of nitrogens with one attached hydrogen (secondary N) is 2. The summed E-state index contributed by atoms with van der Waals surface area (Å²) in [6.45, 7) is 1.85. The highest BCUT2D eigenvalue weighted by atomic mass is 35.5. The first-order valence-corrected chi connectivity index (χ1v) is 8.92. The van der Waals surface area contributed by atoms with Crippen LogP contribution in [-0.4, -0.2) is 14.5 Å². The van der Waals surface area contributed by atoms with Crippen molar-refractivity contribution in [1.82, 2.24) is 9.36 Å². The number of anilines is 2. The monoisotopic (exact) mass is 406 g/mol. The molecule has 1 heterocycles. The van der Waals surface area contributed by atoms with Crippen molar-refractivity contribution < 1.29 is 0 Å². The van der Waals surface area contributed by atoms with Gasteiger partial charge < -0.3 is 10.6 Å². The summed E-state index contributed by atoms with van der Waals surface area (Å²) in [5.41, 5.74) is 2.34. The maximum atomic E-state index is 12.9. The Morgan fingerprint density at radius 1 is 1.08 bits per heavy atom. The topological polar surface area (TPSA) is 51.0 Å². The quantitative estimate of drug-likeness (QED) is 0.623. The molecule has 3 aromatic rings. The van der Waals surface area contributed by atoms with E-state index >= 15 is 0 Å². The van der Waals surface area contributed by atoms with E-state index in [1.165, 1.54) is 0 Å². The number of para-hydroxylation sites is 1. The minimum Gasteiger partial charge on any atom is -0.331 e. The fourth-order valence-corrected chi connectivity index (χ4v) is 3.24. The Morgan fingerprint density at radius 2 is 1.77 bits per heavy atom. The van der Waals surface area contributed by atoms with Crippen molar-refractivity contribution in [2.45, 2.75) is 6.92 Å². The molecule has 26 heavy (non-hydrogen) atoms. The lowest BCUT2D eigenvalue weighted by Gasteiger charge is -2.11. The molecule has 134 valence electrons. The highest BCUT2D eigenvalue weighted by molar-refractivity contribution is 7.80. The SMILES string of the molecule is Cc1c(NC(=S)Nc2ccc(Cl)cc2Cl)c(=O)n(-c2ccccc2)n1C. The van der Waals surface area contributed by atoms with Gasteiger partial charge in [0.2, 0.25) is 0 Å². The molecule has 5 nitrogen and oxygen atoms in total.